The molecule has 22 nitrogen and oxygen atoms in total. The Morgan fingerprint density at radius 3 is 2.25 bits per heavy atom. The van der Waals surface area contributed by atoms with E-state index in [0.29, 0.717) is 24.1 Å². The number of likely N-dealkylation sites (tertiary alicyclic amines) is 1. The van der Waals surface area contributed by atoms with Gasteiger partial charge in [-0.2, -0.15) is 0 Å². The zero-order valence-corrected chi connectivity index (χ0v) is 34.5. The zero-order chi connectivity index (χ0) is 44.8. The minimum atomic E-state index is -1.56. The summed E-state index contributed by atoms with van der Waals surface area (Å²) >= 11 is 0. The van der Waals surface area contributed by atoms with Crippen LogP contribution < -0.4 is 49.5 Å². The van der Waals surface area contributed by atoms with Crippen molar-refractivity contribution in [3.63, 3.8) is 0 Å². The SMILES string of the molecule is CC(C)[C@H](NC(=O)[C@H](CO)NC(=O)[C@H](Cc1c[nH]c2ccccc12)NC(=O)[C@@H]1CCCN1C(=O)[C@H](Cc1cnc[nH]1)NC(=O)[C@H](N)CCCN=C(N)N)C(=O)N[C@@H](C)C(N)=O. The molecular weight excluding hydrogens is 793 g/mol. The Hall–Kier alpha value is -6.55. The maximum atomic E-state index is 14.2. The number of aromatic nitrogens is 3. The van der Waals surface area contributed by atoms with Gasteiger partial charge in [-0.3, -0.25) is 38.6 Å². The number of guanidine groups is 1. The number of hydrogen-bond acceptors (Lipinski definition) is 11. The van der Waals surface area contributed by atoms with Crippen molar-refractivity contribution in [3.05, 3.63) is 54.2 Å². The molecule has 1 fully saturated rings. The maximum Gasteiger partial charge on any atom is 0.246 e. The smallest absolute Gasteiger partial charge is 0.246 e. The van der Waals surface area contributed by atoms with Crippen molar-refractivity contribution in [2.45, 2.75) is 102 Å². The number of benzene rings is 1. The van der Waals surface area contributed by atoms with Crippen LogP contribution >= 0.6 is 0 Å². The number of carbonyl (C=O) groups excluding carboxylic acids is 7. The first-order valence-corrected chi connectivity index (χ1v) is 20.1. The number of aliphatic imine (C=N–C) groups is 1. The lowest BCUT2D eigenvalue weighted by Crippen LogP contribution is -2.61. The summed E-state index contributed by atoms with van der Waals surface area (Å²) < 4.78 is 0. The highest BCUT2D eigenvalue weighted by atomic mass is 16.3. The van der Waals surface area contributed by atoms with Gasteiger partial charge < -0.3 is 69.5 Å². The van der Waals surface area contributed by atoms with Crippen molar-refractivity contribution in [2.75, 3.05) is 19.7 Å². The number of nitrogens with one attached hydrogen (secondary N) is 7. The van der Waals surface area contributed by atoms with Gasteiger partial charge in [0.25, 0.3) is 0 Å². The molecular formula is C39H58N14O8. The number of para-hydroxylation sites is 1. The minimum Gasteiger partial charge on any atom is -0.394 e. The second kappa shape index (κ2) is 22.2. The van der Waals surface area contributed by atoms with Gasteiger partial charge in [0.05, 0.1) is 19.0 Å². The van der Waals surface area contributed by atoms with Crippen LogP contribution in [0, 0.1) is 5.92 Å². The molecule has 1 aliphatic rings. The number of primary amides is 1. The summed E-state index contributed by atoms with van der Waals surface area (Å²) in [5.74, 6) is -5.62. The van der Waals surface area contributed by atoms with E-state index < -0.39 is 96.2 Å². The first kappa shape index (κ1) is 47.1. The van der Waals surface area contributed by atoms with Gasteiger partial charge >= 0.3 is 0 Å². The Balaban J connectivity index is 1.54. The number of imidazole rings is 1. The van der Waals surface area contributed by atoms with E-state index in [1.54, 1.807) is 20.0 Å². The fraction of sp³-hybridized carbons (Fsp3) is 0.513. The molecule has 16 N–H and O–H groups in total. The first-order valence-electron chi connectivity index (χ1n) is 20.1. The molecule has 61 heavy (non-hydrogen) atoms. The summed E-state index contributed by atoms with van der Waals surface area (Å²) in [6, 6.07) is -0.963. The van der Waals surface area contributed by atoms with Crippen LogP contribution in [0.3, 0.4) is 0 Å². The van der Waals surface area contributed by atoms with E-state index in [9.17, 15) is 38.7 Å². The number of nitrogens with two attached hydrogens (primary N) is 4. The molecule has 0 unspecified atom stereocenters. The monoisotopic (exact) mass is 850 g/mol. The standard InChI is InChI=1S/C39H58N14O8/c1-20(2)31(37(60)48-21(3)32(41)55)52-35(58)29(18-54)51-34(57)27(14-22-16-46-26-10-5-4-8-24(22)26)49-36(59)30-11-7-13-53(30)38(61)28(15-23-17-44-19-47-23)50-33(56)25(40)9-6-12-45-39(42)43/h4-5,8,10,16-17,19-21,25,27-31,46,54H,6-7,9,11-15,18,40H2,1-3H3,(H2,41,55)(H,44,47)(H,48,60)(H,49,59)(H,50,56)(H,51,57)(H,52,58)(H4,42,43,45)/t21-,25+,27-,28-,29-,30-,31-/m0/s1. The molecule has 0 radical (unpaired) electrons. The Labute approximate surface area is 352 Å². The predicted octanol–water partition coefficient (Wildman–Crippen LogP) is -3.37. The summed E-state index contributed by atoms with van der Waals surface area (Å²) in [6.07, 6.45) is 5.87. The number of rotatable bonds is 22. The van der Waals surface area contributed by atoms with Gasteiger partial charge in [-0.05, 0) is 50.2 Å². The van der Waals surface area contributed by atoms with E-state index in [1.165, 1.54) is 24.3 Å². The fourth-order valence-corrected chi connectivity index (χ4v) is 6.88. The number of hydrogen-bond donors (Lipinski definition) is 12. The second-order valence-electron chi connectivity index (χ2n) is 15.3. The van der Waals surface area contributed by atoms with Crippen LogP contribution in [0.2, 0.25) is 0 Å². The van der Waals surface area contributed by atoms with Crippen LogP contribution in [-0.4, -0.2) is 134 Å². The molecule has 1 saturated heterocycles. The van der Waals surface area contributed by atoms with Crippen molar-refractivity contribution in [1.29, 1.82) is 0 Å². The number of nitrogens with zero attached hydrogens (tertiary/aromatic N) is 3. The summed E-state index contributed by atoms with van der Waals surface area (Å²) in [6.45, 7) is 4.24. The molecule has 7 atom stereocenters. The third kappa shape index (κ3) is 13.2. The van der Waals surface area contributed by atoms with Crippen molar-refractivity contribution >= 4 is 58.2 Å². The number of aliphatic hydroxyl groups is 1. The average Bonchev–Trinajstić information content (AvgIpc) is 4.01. The number of carbonyl (C=O) groups is 7. The molecule has 0 spiro atoms. The summed E-state index contributed by atoms with van der Waals surface area (Å²) in [4.78, 5) is 109. The molecule has 332 valence electrons. The van der Waals surface area contributed by atoms with Gasteiger partial charge in [0.1, 0.15) is 36.3 Å². The lowest BCUT2D eigenvalue weighted by Gasteiger charge is -2.30. The highest BCUT2D eigenvalue weighted by Gasteiger charge is 2.40. The van der Waals surface area contributed by atoms with E-state index in [4.69, 9.17) is 22.9 Å². The lowest BCUT2D eigenvalue weighted by molar-refractivity contribution is -0.142. The number of aliphatic hydroxyl groups excluding tert-OH is 1. The third-order valence-corrected chi connectivity index (χ3v) is 10.3. The second-order valence-corrected chi connectivity index (χ2v) is 15.3. The van der Waals surface area contributed by atoms with E-state index in [0.717, 1.165) is 10.9 Å². The number of H-pyrrole nitrogens is 2. The van der Waals surface area contributed by atoms with Crippen molar-refractivity contribution < 1.29 is 38.7 Å². The fourth-order valence-electron chi connectivity index (χ4n) is 6.88. The summed E-state index contributed by atoms with van der Waals surface area (Å²) in [7, 11) is 0. The molecule has 1 aromatic carbocycles. The normalized spacial score (nSPS) is 16.7. The maximum absolute atomic E-state index is 14.2. The third-order valence-electron chi connectivity index (χ3n) is 10.3. The van der Waals surface area contributed by atoms with E-state index in [-0.39, 0.29) is 44.7 Å². The van der Waals surface area contributed by atoms with Gasteiger partial charge in [-0.15, -0.1) is 0 Å². The Morgan fingerprint density at radius 1 is 0.885 bits per heavy atom. The van der Waals surface area contributed by atoms with Crippen molar-refractivity contribution in [2.24, 2.45) is 33.8 Å². The molecule has 22 heteroatoms. The lowest BCUT2D eigenvalue weighted by atomic mass is 10.0. The first-order chi connectivity index (χ1) is 29.0. The molecule has 0 saturated carbocycles. The Morgan fingerprint density at radius 2 is 1.59 bits per heavy atom. The minimum absolute atomic E-state index is 0.00976. The van der Waals surface area contributed by atoms with Crippen LogP contribution in [0.4, 0.5) is 0 Å². The largest absolute Gasteiger partial charge is 0.394 e. The van der Waals surface area contributed by atoms with Crippen LogP contribution in [0.15, 0.2) is 48.0 Å². The van der Waals surface area contributed by atoms with E-state index in [2.05, 4.69) is 46.5 Å². The average molecular weight is 851 g/mol. The highest BCUT2D eigenvalue weighted by Crippen LogP contribution is 2.22. The highest BCUT2D eigenvalue weighted by molar-refractivity contribution is 5.98. The molecule has 2 aromatic heterocycles. The quantitative estimate of drug-likeness (QED) is 0.0268. The number of aromatic amines is 2. The molecule has 1 aliphatic heterocycles. The van der Waals surface area contributed by atoms with Gasteiger partial charge in [0, 0.05) is 54.9 Å². The van der Waals surface area contributed by atoms with Crippen LogP contribution in [0.1, 0.15) is 57.7 Å². The van der Waals surface area contributed by atoms with Gasteiger partial charge in [0.2, 0.25) is 41.4 Å². The Kier molecular flexibility index (Phi) is 17.1. The van der Waals surface area contributed by atoms with E-state index >= 15 is 0 Å². The van der Waals surface area contributed by atoms with Gasteiger partial charge in [-0.25, -0.2) is 4.98 Å². The summed E-state index contributed by atoms with van der Waals surface area (Å²) in [5.41, 5.74) is 24.1. The van der Waals surface area contributed by atoms with Gasteiger partial charge in [-0.1, -0.05) is 32.0 Å². The van der Waals surface area contributed by atoms with Crippen LogP contribution in [0.5, 0.6) is 0 Å². The van der Waals surface area contributed by atoms with Crippen molar-refractivity contribution in [3.8, 4) is 0 Å². The van der Waals surface area contributed by atoms with Crippen molar-refractivity contribution in [1.82, 2.24) is 46.4 Å². The molecule has 0 bridgehead atoms. The molecule has 3 heterocycles. The topological polar surface area (TPSA) is 364 Å². The zero-order valence-electron chi connectivity index (χ0n) is 34.5. The number of amides is 7. The summed E-state index contributed by atoms with van der Waals surface area (Å²) in [5, 5.41) is 24.0. The van der Waals surface area contributed by atoms with E-state index in [1.807, 2.05) is 24.3 Å². The van der Waals surface area contributed by atoms with Crippen LogP contribution in [-0.2, 0) is 46.4 Å². The molecule has 7 amide bonds. The molecule has 3 aromatic rings. The molecule has 4 rings (SSSR count). The molecule has 0 aliphatic carbocycles. The van der Waals surface area contributed by atoms with Gasteiger partial charge in [0.15, 0.2) is 5.96 Å². The van der Waals surface area contributed by atoms with Crippen LogP contribution in [0.25, 0.3) is 10.9 Å². The Bertz CT molecular complexity index is 2030. The number of fused-ring (bicyclic) bond motifs is 1. The predicted molar refractivity (Wildman–Crippen MR) is 223 cm³/mol.